The minimum atomic E-state index is 0.704. The molecule has 17 heavy (non-hydrogen) atoms. The molecule has 1 saturated heterocycles. The van der Waals surface area contributed by atoms with Crippen LogP contribution >= 0.6 is 0 Å². The van der Waals surface area contributed by atoms with Crippen LogP contribution < -0.4 is 5.32 Å². The average Bonchev–Trinajstić information content (AvgIpc) is 2.52. The second-order valence-electron chi connectivity index (χ2n) is 4.92. The molecule has 0 spiro atoms. The van der Waals surface area contributed by atoms with Crippen molar-refractivity contribution in [1.82, 2.24) is 10.2 Å². The quantitative estimate of drug-likeness (QED) is 0.645. The Kier molecular flexibility index (Phi) is 8.61. The van der Waals surface area contributed by atoms with Crippen LogP contribution in [0.25, 0.3) is 0 Å². The molecule has 1 atom stereocenters. The van der Waals surface area contributed by atoms with Crippen molar-refractivity contribution >= 4 is 0 Å². The fourth-order valence-electron chi connectivity index (χ4n) is 2.17. The number of unbranched alkanes of at least 4 members (excludes halogenated alkanes) is 1. The number of rotatable bonds is 8. The predicted octanol–water partition coefficient (Wildman–Crippen LogP) is 0.971. The highest BCUT2D eigenvalue weighted by Gasteiger charge is 2.13. The van der Waals surface area contributed by atoms with Crippen LogP contribution in [0.3, 0.4) is 0 Å². The van der Waals surface area contributed by atoms with E-state index in [0.29, 0.717) is 6.61 Å². The second-order valence-corrected chi connectivity index (χ2v) is 4.92. The highest BCUT2D eigenvalue weighted by atomic mass is 16.5. The first-order chi connectivity index (χ1) is 8.33. The molecule has 1 N–H and O–H groups in total. The van der Waals surface area contributed by atoms with Crippen molar-refractivity contribution in [3.63, 3.8) is 0 Å². The Bertz CT molecular complexity index is 179. The second kappa shape index (κ2) is 9.83. The van der Waals surface area contributed by atoms with Gasteiger partial charge in [0.2, 0.25) is 0 Å². The lowest BCUT2D eigenvalue weighted by molar-refractivity contribution is 0.0676. The molecule has 1 aliphatic heterocycles. The Morgan fingerprint density at radius 2 is 2.12 bits per heavy atom. The molecule has 102 valence electrons. The van der Waals surface area contributed by atoms with Crippen molar-refractivity contribution in [1.29, 1.82) is 0 Å². The molecule has 0 aromatic rings. The Hall–Kier alpha value is -0.160. The summed E-state index contributed by atoms with van der Waals surface area (Å²) < 4.78 is 10.4. The van der Waals surface area contributed by atoms with Crippen molar-refractivity contribution < 1.29 is 9.47 Å². The van der Waals surface area contributed by atoms with E-state index in [0.717, 1.165) is 38.6 Å². The third-order valence-corrected chi connectivity index (χ3v) is 3.11. The first-order valence-electron chi connectivity index (χ1n) is 6.82. The molecule has 0 aromatic heterocycles. The van der Waals surface area contributed by atoms with Crippen molar-refractivity contribution in [3.8, 4) is 0 Å². The van der Waals surface area contributed by atoms with E-state index in [9.17, 15) is 0 Å². The molecule has 0 saturated carbocycles. The van der Waals surface area contributed by atoms with Crippen molar-refractivity contribution in [3.05, 3.63) is 0 Å². The van der Waals surface area contributed by atoms with Gasteiger partial charge in [-0.2, -0.15) is 0 Å². The monoisotopic (exact) mass is 244 g/mol. The summed E-state index contributed by atoms with van der Waals surface area (Å²) in [5, 5.41) is 3.47. The van der Waals surface area contributed by atoms with Gasteiger partial charge in [-0.1, -0.05) is 6.92 Å². The average molecular weight is 244 g/mol. The molecular formula is C13H28N2O2. The van der Waals surface area contributed by atoms with Gasteiger partial charge in [-0.25, -0.2) is 0 Å². The molecule has 1 heterocycles. The number of hydrogen-bond donors (Lipinski definition) is 1. The van der Waals surface area contributed by atoms with Gasteiger partial charge in [0, 0.05) is 33.4 Å². The molecule has 1 unspecified atom stereocenters. The number of ether oxygens (including phenoxy) is 2. The Morgan fingerprint density at radius 3 is 2.94 bits per heavy atom. The van der Waals surface area contributed by atoms with Gasteiger partial charge < -0.3 is 19.7 Å². The number of nitrogens with one attached hydrogen (secondary N) is 1. The number of nitrogens with zero attached hydrogens (tertiary/aromatic N) is 1. The molecule has 0 radical (unpaired) electrons. The van der Waals surface area contributed by atoms with Crippen LogP contribution in [0.5, 0.6) is 0 Å². The first kappa shape index (κ1) is 14.9. The molecule has 1 aliphatic rings. The maximum absolute atomic E-state index is 5.45. The zero-order valence-electron chi connectivity index (χ0n) is 11.4. The SMILES string of the molecule is COCCOCCCCN1CCNCC(C)C1. The fraction of sp³-hybridized carbons (Fsp3) is 1.00. The van der Waals surface area contributed by atoms with Crippen molar-refractivity contribution in [2.24, 2.45) is 5.92 Å². The summed E-state index contributed by atoms with van der Waals surface area (Å²) in [7, 11) is 1.71. The lowest BCUT2D eigenvalue weighted by atomic mass is 10.1. The van der Waals surface area contributed by atoms with Crippen LogP contribution in [0, 0.1) is 5.92 Å². The minimum Gasteiger partial charge on any atom is -0.382 e. The molecule has 1 rings (SSSR count). The van der Waals surface area contributed by atoms with Gasteiger partial charge in [0.15, 0.2) is 0 Å². The zero-order chi connectivity index (χ0) is 12.3. The maximum atomic E-state index is 5.45. The largest absolute Gasteiger partial charge is 0.382 e. The first-order valence-corrected chi connectivity index (χ1v) is 6.82. The van der Waals surface area contributed by atoms with Gasteiger partial charge in [0.05, 0.1) is 13.2 Å². The smallest absolute Gasteiger partial charge is 0.0700 e. The Balaban J connectivity index is 1.94. The molecule has 0 bridgehead atoms. The summed E-state index contributed by atoms with van der Waals surface area (Å²) in [4.78, 5) is 2.57. The van der Waals surface area contributed by atoms with Gasteiger partial charge in [0.25, 0.3) is 0 Å². The molecular weight excluding hydrogens is 216 g/mol. The summed E-state index contributed by atoms with van der Waals surface area (Å²) in [5.74, 6) is 0.774. The number of methoxy groups -OCH3 is 1. The maximum Gasteiger partial charge on any atom is 0.0700 e. The molecule has 0 aromatic carbocycles. The van der Waals surface area contributed by atoms with Crippen LogP contribution in [0.1, 0.15) is 19.8 Å². The lowest BCUT2D eigenvalue weighted by Gasteiger charge is -2.21. The number of hydrogen-bond acceptors (Lipinski definition) is 4. The van der Waals surface area contributed by atoms with Crippen LogP contribution in [0.15, 0.2) is 0 Å². The van der Waals surface area contributed by atoms with Crippen molar-refractivity contribution in [2.75, 3.05) is 59.7 Å². The molecule has 0 aliphatic carbocycles. The third-order valence-electron chi connectivity index (χ3n) is 3.11. The summed E-state index contributed by atoms with van der Waals surface area (Å²) in [5.41, 5.74) is 0. The van der Waals surface area contributed by atoms with Crippen LogP contribution in [0.2, 0.25) is 0 Å². The van der Waals surface area contributed by atoms with Gasteiger partial charge in [-0.3, -0.25) is 0 Å². The fourth-order valence-corrected chi connectivity index (χ4v) is 2.17. The third kappa shape index (κ3) is 7.71. The molecule has 1 fully saturated rings. The van der Waals surface area contributed by atoms with E-state index in [1.165, 1.54) is 26.1 Å². The summed E-state index contributed by atoms with van der Waals surface area (Å²) in [6, 6.07) is 0. The lowest BCUT2D eigenvalue weighted by Crippen LogP contribution is -2.30. The van der Waals surface area contributed by atoms with Crippen LogP contribution in [-0.4, -0.2) is 64.6 Å². The van der Waals surface area contributed by atoms with E-state index in [4.69, 9.17) is 9.47 Å². The summed E-state index contributed by atoms with van der Waals surface area (Å²) in [6.45, 7) is 10.5. The normalized spacial score (nSPS) is 22.6. The zero-order valence-corrected chi connectivity index (χ0v) is 11.4. The summed E-state index contributed by atoms with van der Waals surface area (Å²) in [6.07, 6.45) is 2.39. The highest BCUT2D eigenvalue weighted by molar-refractivity contribution is 4.70. The van der Waals surface area contributed by atoms with E-state index < -0.39 is 0 Å². The van der Waals surface area contributed by atoms with Crippen LogP contribution in [-0.2, 0) is 9.47 Å². The van der Waals surface area contributed by atoms with E-state index >= 15 is 0 Å². The predicted molar refractivity (Wildman–Crippen MR) is 70.4 cm³/mol. The van der Waals surface area contributed by atoms with Gasteiger partial charge in [-0.05, 0) is 31.8 Å². The molecule has 4 heteroatoms. The van der Waals surface area contributed by atoms with E-state index in [2.05, 4.69) is 17.1 Å². The topological polar surface area (TPSA) is 33.7 Å². The van der Waals surface area contributed by atoms with E-state index in [1.54, 1.807) is 7.11 Å². The molecule has 0 amide bonds. The Morgan fingerprint density at radius 1 is 1.24 bits per heavy atom. The van der Waals surface area contributed by atoms with Gasteiger partial charge >= 0.3 is 0 Å². The minimum absolute atomic E-state index is 0.704. The molecule has 4 nitrogen and oxygen atoms in total. The Labute approximate surface area is 106 Å². The summed E-state index contributed by atoms with van der Waals surface area (Å²) >= 11 is 0. The highest BCUT2D eigenvalue weighted by Crippen LogP contribution is 2.04. The van der Waals surface area contributed by atoms with Gasteiger partial charge in [0.1, 0.15) is 0 Å². The van der Waals surface area contributed by atoms with E-state index in [-0.39, 0.29) is 0 Å². The van der Waals surface area contributed by atoms with E-state index in [1.807, 2.05) is 0 Å². The van der Waals surface area contributed by atoms with Crippen LogP contribution in [0.4, 0.5) is 0 Å². The van der Waals surface area contributed by atoms with Crippen molar-refractivity contribution in [2.45, 2.75) is 19.8 Å². The van der Waals surface area contributed by atoms with Gasteiger partial charge in [-0.15, -0.1) is 0 Å². The standard InChI is InChI=1S/C13H28N2O2/c1-13-11-14-5-7-15(12-13)6-3-4-8-17-10-9-16-2/h13-14H,3-12H2,1-2H3.